The van der Waals surface area contributed by atoms with Crippen molar-refractivity contribution in [3.05, 3.63) is 58.2 Å². The first-order chi connectivity index (χ1) is 15.1. The summed E-state index contributed by atoms with van der Waals surface area (Å²) in [5.74, 6) is -0.252. The van der Waals surface area contributed by atoms with E-state index in [9.17, 15) is 9.59 Å². The number of ether oxygens (including phenoxy) is 2. The maximum Gasteiger partial charge on any atom is 0.344 e. The van der Waals surface area contributed by atoms with Gasteiger partial charge in [0.2, 0.25) is 5.91 Å². The summed E-state index contributed by atoms with van der Waals surface area (Å²) in [5, 5.41) is 3.63. The van der Waals surface area contributed by atoms with Crippen LogP contribution in [0.3, 0.4) is 0 Å². The second kappa shape index (κ2) is 9.77. The Balaban J connectivity index is 2.10. The Morgan fingerprint density at radius 3 is 2.38 bits per heavy atom. The first-order valence-electron chi connectivity index (χ1n) is 10.6. The lowest BCUT2D eigenvalue weighted by atomic mass is 10.2. The molecule has 0 atom stereocenters. The third-order valence-corrected chi connectivity index (χ3v) is 5.66. The van der Waals surface area contributed by atoms with Gasteiger partial charge in [-0.15, -0.1) is 0 Å². The number of carbonyl (C=O) groups excluding carboxylic acids is 2. The molecule has 1 heterocycles. The summed E-state index contributed by atoms with van der Waals surface area (Å²) in [6.45, 7) is 9.38. The van der Waals surface area contributed by atoms with Crippen LogP contribution in [0.25, 0.3) is 10.9 Å². The average molecular weight is 501 g/mol. The lowest BCUT2D eigenvalue weighted by Crippen LogP contribution is -2.27. The number of carbonyl (C=O) groups is 2. The van der Waals surface area contributed by atoms with Gasteiger partial charge in [0.15, 0.2) is 12.4 Å². The molecule has 1 N–H and O–H groups in total. The molecule has 0 saturated heterocycles. The molecule has 7 heteroatoms. The van der Waals surface area contributed by atoms with E-state index in [2.05, 4.69) is 44.9 Å². The molecule has 0 aliphatic heterocycles. The number of anilines is 1. The van der Waals surface area contributed by atoms with Crippen LogP contribution in [0.5, 0.6) is 5.75 Å². The molecule has 0 fully saturated rings. The van der Waals surface area contributed by atoms with Crippen LogP contribution in [0, 0.1) is 0 Å². The van der Waals surface area contributed by atoms with Gasteiger partial charge in [-0.05, 0) is 60.8 Å². The van der Waals surface area contributed by atoms with E-state index in [0.717, 1.165) is 27.5 Å². The topological polar surface area (TPSA) is 69.6 Å². The molecule has 3 aromatic rings. The van der Waals surface area contributed by atoms with Gasteiger partial charge in [-0.25, -0.2) is 4.79 Å². The third-order valence-electron chi connectivity index (χ3n) is 4.81. The molecular formula is C25H29BrN2O4. The van der Waals surface area contributed by atoms with Gasteiger partial charge in [-0.3, -0.25) is 4.79 Å². The maximum absolute atomic E-state index is 12.3. The number of fused-ring (bicyclic) bond motifs is 1. The number of aromatic nitrogens is 1. The normalized spacial score (nSPS) is 11.4. The lowest BCUT2D eigenvalue weighted by molar-refractivity contribution is -0.157. The molecule has 0 spiro atoms. The first kappa shape index (κ1) is 23.9. The Bertz CT molecular complexity index is 1130. The summed E-state index contributed by atoms with van der Waals surface area (Å²) < 4.78 is 14.5. The van der Waals surface area contributed by atoms with Crippen molar-refractivity contribution in [1.29, 1.82) is 0 Å². The summed E-state index contributed by atoms with van der Waals surface area (Å²) in [4.78, 5) is 24.1. The molecule has 1 amide bonds. The number of halogens is 1. The predicted octanol–water partition coefficient (Wildman–Crippen LogP) is 5.69. The molecule has 6 nitrogen and oxygen atoms in total. The molecule has 0 saturated carbocycles. The summed E-state index contributed by atoms with van der Waals surface area (Å²) >= 11 is 3.75. The molecule has 2 aromatic carbocycles. The van der Waals surface area contributed by atoms with Crippen LogP contribution in [0.4, 0.5) is 5.69 Å². The van der Waals surface area contributed by atoms with Crippen LogP contribution in [0.2, 0.25) is 0 Å². The van der Waals surface area contributed by atoms with E-state index in [1.54, 1.807) is 0 Å². The number of nitrogens with zero attached hydrogens (tertiary/aromatic N) is 1. The summed E-state index contributed by atoms with van der Waals surface area (Å²) in [6.07, 6.45) is 0.795. The fraction of sp³-hybridized carbons (Fsp3) is 0.360. The number of amides is 1. The monoisotopic (exact) mass is 500 g/mol. The van der Waals surface area contributed by atoms with E-state index in [1.165, 1.54) is 12.5 Å². The number of nitrogens with one attached hydrogen (secondary N) is 1. The van der Waals surface area contributed by atoms with E-state index in [-0.39, 0.29) is 12.5 Å². The van der Waals surface area contributed by atoms with Crippen molar-refractivity contribution in [1.82, 2.24) is 4.57 Å². The summed E-state index contributed by atoms with van der Waals surface area (Å²) in [7, 11) is 0. The number of esters is 1. The lowest BCUT2D eigenvalue weighted by Gasteiger charge is -2.20. The van der Waals surface area contributed by atoms with E-state index < -0.39 is 11.6 Å². The van der Waals surface area contributed by atoms with Crippen LogP contribution in [0.15, 0.2) is 46.9 Å². The van der Waals surface area contributed by atoms with Gasteiger partial charge in [-0.1, -0.05) is 37.3 Å². The summed E-state index contributed by atoms with van der Waals surface area (Å²) in [5.41, 5.74) is 3.13. The third kappa shape index (κ3) is 5.51. The average Bonchev–Trinajstić information content (AvgIpc) is 2.97. The minimum Gasteiger partial charge on any atom is -0.479 e. The Morgan fingerprint density at radius 1 is 1.09 bits per heavy atom. The van der Waals surface area contributed by atoms with Gasteiger partial charge in [0.05, 0.1) is 21.1 Å². The SMILES string of the molecule is CCc1c(Br)c2c(OCC(=O)OC(C)(C)C)c(NC(C)=O)ccc2n1Cc1ccccc1. The zero-order valence-corrected chi connectivity index (χ0v) is 20.7. The van der Waals surface area contributed by atoms with Crippen LogP contribution in [-0.4, -0.2) is 28.7 Å². The summed E-state index contributed by atoms with van der Waals surface area (Å²) in [6, 6.07) is 14.0. The van der Waals surface area contributed by atoms with Crippen LogP contribution < -0.4 is 10.1 Å². The number of benzene rings is 2. The molecule has 170 valence electrons. The zero-order valence-electron chi connectivity index (χ0n) is 19.1. The van der Waals surface area contributed by atoms with Crippen LogP contribution in [-0.2, 0) is 27.3 Å². The van der Waals surface area contributed by atoms with Crippen molar-refractivity contribution in [3.63, 3.8) is 0 Å². The van der Waals surface area contributed by atoms with Crippen molar-refractivity contribution < 1.29 is 19.1 Å². The second-order valence-electron chi connectivity index (χ2n) is 8.58. The van der Waals surface area contributed by atoms with Gasteiger partial charge in [0, 0.05) is 19.2 Å². The molecule has 0 unspecified atom stereocenters. The quantitative estimate of drug-likeness (QED) is 0.422. The number of hydrogen-bond acceptors (Lipinski definition) is 4. The standard InChI is InChI=1S/C25H29BrN2O4/c1-6-19-23(26)22-20(28(19)14-17-10-8-7-9-11-17)13-12-18(27-16(2)29)24(22)31-15-21(30)32-25(3,4)5/h7-13H,6,14-15H2,1-5H3,(H,27,29). The zero-order chi connectivity index (χ0) is 23.5. The molecular weight excluding hydrogens is 472 g/mol. The Hall–Kier alpha value is -2.80. The highest BCUT2D eigenvalue weighted by Gasteiger charge is 2.23. The second-order valence-corrected chi connectivity index (χ2v) is 9.37. The highest BCUT2D eigenvalue weighted by atomic mass is 79.9. The number of rotatable bonds is 7. The van der Waals surface area contributed by atoms with Gasteiger partial charge >= 0.3 is 5.97 Å². The molecule has 0 bridgehead atoms. The highest BCUT2D eigenvalue weighted by molar-refractivity contribution is 9.10. The Kier molecular flexibility index (Phi) is 7.29. The van der Waals surface area contributed by atoms with Crippen molar-refractivity contribution in [2.45, 2.75) is 53.2 Å². The van der Waals surface area contributed by atoms with Gasteiger partial charge in [-0.2, -0.15) is 0 Å². The fourth-order valence-electron chi connectivity index (χ4n) is 3.65. The van der Waals surface area contributed by atoms with Crippen molar-refractivity contribution in [2.75, 3.05) is 11.9 Å². The smallest absolute Gasteiger partial charge is 0.344 e. The van der Waals surface area contributed by atoms with E-state index >= 15 is 0 Å². The minimum absolute atomic E-state index is 0.220. The van der Waals surface area contributed by atoms with Gasteiger partial charge in [0.1, 0.15) is 5.60 Å². The van der Waals surface area contributed by atoms with Crippen LogP contribution >= 0.6 is 15.9 Å². The predicted molar refractivity (Wildman–Crippen MR) is 130 cm³/mol. The van der Waals surface area contributed by atoms with Crippen molar-refractivity contribution >= 4 is 44.4 Å². The molecule has 32 heavy (non-hydrogen) atoms. The highest BCUT2D eigenvalue weighted by Crippen LogP contribution is 2.42. The molecule has 0 aliphatic rings. The van der Waals surface area contributed by atoms with Gasteiger partial charge in [0.25, 0.3) is 0 Å². The molecule has 0 aliphatic carbocycles. The fourth-order valence-corrected chi connectivity index (χ4v) is 4.53. The van der Waals surface area contributed by atoms with Crippen molar-refractivity contribution in [3.8, 4) is 5.75 Å². The van der Waals surface area contributed by atoms with Crippen molar-refractivity contribution in [2.24, 2.45) is 0 Å². The Morgan fingerprint density at radius 2 is 1.78 bits per heavy atom. The Labute approximate surface area is 197 Å². The van der Waals surface area contributed by atoms with E-state index in [0.29, 0.717) is 18.0 Å². The minimum atomic E-state index is -0.609. The molecule has 3 rings (SSSR count). The van der Waals surface area contributed by atoms with Crippen LogP contribution in [0.1, 0.15) is 45.9 Å². The largest absolute Gasteiger partial charge is 0.479 e. The van der Waals surface area contributed by atoms with E-state index in [1.807, 2.05) is 51.1 Å². The molecule has 1 aromatic heterocycles. The van der Waals surface area contributed by atoms with Gasteiger partial charge < -0.3 is 19.4 Å². The van der Waals surface area contributed by atoms with E-state index in [4.69, 9.17) is 9.47 Å². The number of hydrogen-bond donors (Lipinski definition) is 1. The first-order valence-corrected chi connectivity index (χ1v) is 11.4. The maximum atomic E-state index is 12.3. The molecule has 0 radical (unpaired) electrons.